The number of likely N-dealkylation sites (N-methyl/N-ethyl adjacent to an activating group) is 1. The molecule has 21 heavy (non-hydrogen) atoms. The fourth-order valence-corrected chi connectivity index (χ4v) is 1.76. The minimum Gasteiger partial charge on any atom is -0.381 e. The minimum atomic E-state index is 0.198. The van der Waals surface area contributed by atoms with Crippen LogP contribution >= 0.6 is 0 Å². The summed E-state index contributed by atoms with van der Waals surface area (Å²) in [6, 6.07) is 0.198. The Morgan fingerprint density at radius 1 is 1.33 bits per heavy atom. The van der Waals surface area contributed by atoms with Gasteiger partial charge in [0.2, 0.25) is 6.41 Å². The zero-order valence-corrected chi connectivity index (χ0v) is 13.6. The first-order valence-electron chi connectivity index (χ1n) is 7.55. The van der Waals surface area contributed by atoms with Crippen LogP contribution in [0.4, 0.5) is 0 Å². The van der Waals surface area contributed by atoms with E-state index in [-0.39, 0.29) is 6.04 Å². The first-order chi connectivity index (χ1) is 10.3. The van der Waals surface area contributed by atoms with E-state index in [1.54, 1.807) is 7.11 Å². The van der Waals surface area contributed by atoms with E-state index in [2.05, 4.69) is 29.7 Å². The van der Waals surface area contributed by atoms with Gasteiger partial charge in [-0.25, -0.2) is 0 Å². The number of methoxy groups -OCH3 is 1. The largest absolute Gasteiger partial charge is 0.381 e. The molecule has 0 aromatic heterocycles. The van der Waals surface area contributed by atoms with Gasteiger partial charge in [0.15, 0.2) is 0 Å². The molecule has 5 heteroatoms. The van der Waals surface area contributed by atoms with E-state index in [4.69, 9.17) is 9.47 Å². The molecule has 5 nitrogen and oxygen atoms in total. The van der Waals surface area contributed by atoms with E-state index in [0.717, 1.165) is 32.3 Å². The zero-order valence-electron chi connectivity index (χ0n) is 13.6. The van der Waals surface area contributed by atoms with Crippen molar-refractivity contribution in [2.75, 3.05) is 40.5 Å². The molecule has 0 rings (SSSR count). The first-order valence-corrected chi connectivity index (χ1v) is 7.55. The molecule has 0 aliphatic rings. The number of hydrogen-bond acceptors (Lipinski definition) is 4. The molecular formula is C16H30N2O3. The average Bonchev–Trinajstić information content (AvgIpc) is 2.50. The number of ether oxygens (including phenoxy) is 2. The molecule has 1 unspecified atom stereocenters. The molecule has 0 fully saturated rings. The van der Waals surface area contributed by atoms with Gasteiger partial charge in [-0.2, -0.15) is 0 Å². The minimum absolute atomic E-state index is 0.198. The predicted molar refractivity (Wildman–Crippen MR) is 86.4 cm³/mol. The summed E-state index contributed by atoms with van der Waals surface area (Å²) in [4.78, 5) is 10.4. The van der Waals surface area contributed by atoms with Crippen LogP contribution in [0, 0.1) is 0 Å². The fraction of sp³-hybridized carbons (Fsp3) is 0.688. The quantitative estimate of drug-likeness (QED) is 0.291. The van der Waals surface area contributed by atoms with Crippen LogP contribution in [0.3, 0.4) is 0 Å². The zero-order chi connectivity index (χ0) is 15.8. The third kappa shape index (κ3) is 12.3. The van der Waals surface area contributed by atoms with Gasteiger partial charge in [0.05, 0.1) is 13.2 Å². The second-order valence-corrected chi connectivity index (χ2v) is 4.78. The van der Waals surface area contributed by atoms with Crippen LogP contribution in [0.25, 0.3) is 0 Å². The van der Waals surface area contributed by atoms with Crippen molar-refractivity contribution in [1.29, 1.82) is 0 Å². The smallest absolute Gasteiger partial charge is 0.207 e. The van der Waals surface area contributed by atoms with E-state index in [1.807, 2.05) is 13.1 Å². The second kappa shape index (κ2) is 15.2. The molecule has 0 bridgehead atoms. The van der Waals surface area contributed by atoms with Crippen LogP contribution in [0.1, 0.15) is 26.2 Å². The average molecular weight is 298 g/mol. The predicted octanol–water partition coefficient (Wildman–Crippen LogP) is 1.66. The molecule has 2 N–H and O–H groups in total. The number of carbonyl (C=O) groups is 1. The summed E-state index contributed by atoms with van der Waals surface area (Å²) in [5.41, 5.74) is 1.18. The van der Waals surface area contributed by atoms with Crippen molar-refractivity contribution in [1.82, 2.24) is 10.6 Å². The lowest BCUT2D eigenvalue weighted by molar-refractivity contribution is -0.109. The number of carbonyl (C=O) groups excluding carboxylic acids is 1. The van der Waals surface area contributed by atoms with Gasteiger partial charge < -0.3 is 20.1 Å². The molecule has 0 saturated carbocycles. The van der Waals surface area contributed by atoms with Crippen LogP contribution < -0.4 is 10.6 Å². The van der Waals surface area contributed by atoms with Crippen molar-refractivity contribution in [3.05, 3.63) is 23.8 Å². The molecule has 0 radical (unpaired) electrons. The Bertz CT molecular complexity index is 304. The molecule has 122 valence electrons. The van der Waals surface area contributed by atoms with E-state index >= 15 is 0 Å². The monoisotopic (exact) mass is 298 g/mol. The van der Waals surface area contributed by atoms with Crippen LogP contribution in [0.15, 0.2) is 23.8 Å². The summed E-state index contributed by atoms with van der Waals surface area (Å²) in [7, 11) is 3.57. The summed E-state index contributed by atoms with van der Waals surface area (Å²) in [5.74, 6) is 0. The van der Waals surface area contributed by atoms with Crippen LogP contribution in [-0.4, -0.2) is 53.0 Å². The van der Waals surface area contributed by atoms with Crippen molar-refractivity contribution < 1.29 is 14.3 Å². The Hall–Kier alpha value is -1.17. The lowest BCUT2D eigenvalue weighted by atomic mass is 10.1. The van der Waals surface area contributed by atoms with E-state index in [9.17, 15) is 4.79 Å². The second-order valence-electron chi connectivity index (χ2n) is 4.78. The van der Waals surface area contributed by atoms with Gasteiger partial charge in [-0.1, -0.05) is 31.6 Å². The Morgan fingerprint density at radius 3 is 2.76 bits per heavy atom. The van der Waals surface area contributed by atoms with Crippen molar-refractivity contribution in [3.63, 3.8) is 0 Å². The van der Waals surface area contributed by atoms with E-state index in [1.165, 1.54) is 5.57 Å². The number of hydrogen-bond donors (Lipinski definition) is 2. The standard InChI is InChI=1S/C16H30N2O3/c1-4-5-10-21-11-8-15(7-6-9-20-3)12-16(17-2)13-18-14-19/h6-8,14,16-17H,4-5,9-13H2,1-3H3,(H,18,19)/b7-6-,15-8+. The maximum Gasteiger partial charge on any atom is 0.207 e. The van der Waals surface area contributed by atoms with E-state index in [0.29, 0.717) is 19.8 Å². The summed E-state index contributed by atoms with van der Waals surface area (Å²) < 4.78 is 10.6. The molecule has 1 atom stereocenters. The van der Waals surface area contributed by atoms with Crippen molar-refractivity contribution >= 4 is 6.41 Å². The highest BCUT2D eigenvalue weighted by Crippen LogP contribution is 2.08. The number of allylic oxidation sites excluding steroid dienone is 1. The highest BCUT2D eigenvalue weighted by Gasteiger charge is 2.07. The summed E-state index contributed by atoms with van der Waals surface area (Å²) in [6.07, 6.45) is 9.91. The third-order valence-corrected chi connectivity index (χ3v) is 3.04. The molecule has 0 heterocycles. The summed E-state index contributed by atoms with van der Waals surface area (Å²) in [5, 5.41) is 5.91. The number of amides is 1. The van der Waals surface area contributed by atoms with Gasteiger partial charge in [-0.15, -0.1) is 0 Å². The van der Waals surface area contributed by atoms with Gasteiger partial charge in [-0.3, -0.25) is 4.79 Å². The van der Waals surface area contributed by atoms with E-state index < -0.39 is 0 Å². The Balaban J connectivity index is 4.40. The fourth-order valence-electron chi connectivity index (χ4n) is 1.76. The topological polar surface area (TPSA) is 59.6 Å². The molecule has 0 aromatic carbocycles. The normalized spacial score (nSPS) is 13.6. The first kappa shape index (κ1) is 19.8. The van der Waals surface area contributed by atoms with Crippen LogP contribution in [-0.2, 0) is 14.3 Å². The summed E-state index contributed by atoms with van der Waals surface area (Å²) >= 11 is 0. The Morgan fingerprint density at radius 2 is 2.14 bits per heavy atom. The Kier molecular flexibility index (Phi) is 14.4. The van der Waals surface area contributed by atoms with Crippen molar-refractivity contribution in [2.24, 2.45) is 0 Å². The number of unbranched alkanes of at least 4 members (excludes halogenated alkanes) is 1. The maximum absolute atomic E-state index is 10.4. The van der Waals surface area contributed by atoms with Gasteiger partial charge in [-0.05, 0) is 25.5 Å². The van der Waals surface area contributed by atoms with Crippen molar-refractivity contribution in [3.8, 4) is 0 Å². The molecule has 0 aliphatic heterocycles. The molecule has 0 aromatic rings. The van der Waals surface area contributed by atoms with Gasteiger partial charge >= 0.3 is 0 Å². The number of rotatable bonds is 14. The highest BCUT2D eigenvalue weighted by atomic mass is 16.5. The SMILES string of the molecule is CCCCOC/C=C(\C=C/COC)CC(CNC=O)NC. The molecular weight excluding hydrogens is 268 g/mol. The lowest BCUT2D eigenvalue weighted by Gasteiger charge is -2.16. The van der Waals surface area contributed by atoms with Gasteiger partial charge in [0.25, 0.3) is 0 Å². The van der Waals surface area contributed by atoms with Crippen LogP contribution in [0.5, 0.6) is 0 Å². The Labute approximate surface area is 128 Å². The number of nitrogens with one attached hydrogen (secondary N) is 2. The highest BCUT2D eigenvalue weighted by molar-refractivity contribution is 5.45. The lowest BCUT2D eigenvalue weighted by Crippen LogP contribution is -2.36. The maximum atomic E-state index is 10.4. The summed E-state index contributed by atoms with van der Waals surface area (Å²) in [6.45, 7) is 4.75. The van der Waals surface area contributed by atoms with Gasteiger partial charge in [0.1, 0.15) is 0 Å². The molecule has 0 aliphatic carbocycles. The van der Waals surface area contributed by atoms with Crippen molar-refractivity contribution in [2.45, 2.75) is 32.2 Å². The third-order valence-electron chi connectivity index (χ3n) is 3.04. The molecule has 0 spiro atoms. The van der Waals surface area contributed by atoms with Gasteiger partial charge in [0, 0.05) is 26.3 Å². The molecule has 1 amide bonds. The van der Waals surface area contributed by atoms with Crippen LogP contribution in [0.2, 0.25) is 0 Å². The molecule has 0 saturated heterocycles.